The highest BCUT2D eigenvalue weighted by molar-refractivity contribution is 7.13. The SMILES string of the molecule is CCOc1c(/C=N/NC(=O)Cc2csc(N)n2)cccc1OC. The van der Waals surface area contributed by atoms with Crippen molar-refractivity contribution < 1.29 is 14.3 Å². The molecule has 0 unspecified atom stereocenters. The fourth-order valence-electron chi connectivity index (χ4n) is 1.88. The van der Waals surface area contributed by atoms with Gasteiger partial charge >= 0.3 is 0 Å². The zero-order valence-corrected chi connectivity index (χ0v) is 13.7. The van der Waals surface area contributed by atoms with Crippen LogP contribution in [-0.4, -0.2) is 30.8 Å². The van der Waals surface area contributed by atoms with Crippen LogP contribution in [0.3, 0.4) is 0 Å². The summed E-state index contributed by atoms with van der Waals surface area (Å²) < 4.78 is 10.8. The van der Waals surface area contributed by atoms with Crippen LogP contribution in [0.5, 0.6) is 11.5 Å². The van der Waals surface area contributed by atoms with Crippen LogP contribution in [-0.2, 0) is 11.2 Å². The molecule has 0 spiro atoms. The minimum Gasteiger partial charge on any atom is -0.493 e. The predicted octanol–water partition coefficient (Wildman–Crippen LogP) is 1.83. The summed E-state index contributed by atoms with van der Waals surface area (Å²) in [5.41, 5.74) is 9.31. The first-order valence-corrected chi connectivity index (χ1v) is 7.83. The Hall–Kier alpha value is -2.61. The number of benzene rings is 1. The maximum absolute atomic E-state index is 11.8. The van der Waals surface area contributed by atoms with Crippen LogP contribution in [0.1, 0.15) is 18.2 Å². The van der Waals surface area contributed by atoms with Crippen molar-refractivity contribution in [1.82, 2.24) is 10.4 Å². The zero-order valence-electron chi connectivity index (χ0n) is 12.9. The third-order valence-electron chi connectivity index (χ3n) is 2.82. The van der Waals surface area contributed by atoms with E-state index in [2.05, 4.69) is 15.5 Å². The fraction of sp³-hybridized carbons (Fsp3) is 0.267. The third-order valence-corrected chi connectivity index (χ3v) is 3.54. The van der Waals surface area contributed by atoms with Crippen LogP contribution in [0.25, 0.3) is 0 Å². The topological polar surface area (TPSA) is 98.8 Å². The number of methoxy groups -OCH3 is 1. The van der Waals surface area contributed by atoms with E-state index in [0.717, 1.165) is 0 Å². The Labute approximate surface area is 138 Å². The molecule has 0 saturated carbocycles. The quantitative estimate of drug-likeness (QED) is 0.594. The first-order chi connectivity index (χ1) is 11.1. The zero-order chi connectivity index (χ0) is 16.7. The van der Waals surface area contributed by atoms with E-state index in [-0.39, 0.29) is 12.3 Å². The first kappa shape index (κ1) is 16.8. The highest BCUT2D eigenvalue weighted by Gasteiger charge is 2.09. The van der Waals surface area contributed by atoms with Gasteiger partial charge in [0.25, 0.3) is 0 Å². The molecule has 0 aliphatic carbocycles. The summed E-state index contributed by atoms with van der Waals surface area (Å²) in [6, 6.07) is 5.44. The van der Waals surface area contributed by atoms with E-state index < -0.39 is 0 Å². The molecule has 2 rings (SSSR count). The average molecular weight is 334 g/mol. The van der Waals surface area contributed by atoms with Gasteiger partial charge in [-0.25, -0.2) is 10.4 Å². The fourth-order valence-corrected chi connectivity index (χ4v) is 2.44. The largest absolute Gasteiger partial charge is 0.493 e. The molecular formula is C15H18N4O3S. The summed E-state index contributed by atoms with van der Waals surface area (Å²) in [6.07, 6.45) is 1.64. The number of carbonyl (C=O) groups is 1. The molecule has 1 aromatic heterocycles. The third kappa shape index (κ3) is 4.68. The predicted molar refractivity (Wildman–Crippen MR) is 90.1 cm³/mol. The van der Waals surface area contributed by atoms with E-state index in [1.807, 2.05) is 19.1 Å². The highest BCUT2D eigenvalue weighted by atomic mass is 32.1. The lowest BCUT2D eigenvalue weighted by molar-refractivity contribution is -0.120. The van der Waals surface area contributed by atoms with Gasteiger partial charge in [0, 0.05) is 10.9 Å². The van der Waals surface area contributed by atoms with E-state index in [0.29, 0.717) is 34.5 Å². The van der Waals surface area contributed by atoms with Crippen LogP contribution in [0.15, 0.2) is 28.7 Å². The number of carbonyl (C=O) groups excluding carboxylic acids is 1. The Morgan fingerprint density at radius 1 is 1.52 bits per heavy atom. The Kier molecular flexibility index (Phi) is 5.93. The van der Waals surface area contributed by atoms with Crippen LogP contribution < -0.4 is 20.6 Å². The van der Waals surface area contributed by atoms with E-state index in [4.69, 9.17) is 15.2 Å². The Morgan fingerprint density at radius 3 is 3.00 bits per heavy atom. The van der Waals surface area contributed by atoms with Gasteiger partial charge in [0.1, 0.15) is 0 Å². The number of nitrogens with zero attached hydrogens (tertiary/aromatic N) is 2. The van der Waals surface area contributed by atoms with Gasteiger partial charge in [0.2, 0.25) is 5.91 Å². The van der Waals surface area contributed by atoms with Crippen LogP contribution in [0, 0.1) is 0 Å². The van der Waals surface area contributed by atoms with E-state index >= 15 is 0 Å². The van der Waals surface area contributed by atoms with Crippen molar-refractivity contribution in [2.75, 3.05) is 19.5 Å². The number of hydrogen-bond acceptors (Lipinski definition) is 7. The molecular weight excluding hydrogens is 316 g/mol. The molecule has 0 aliphatic heterocycles. The lowest BCUT2D eigenvalue weighted by Gasteiger charge is -2.11. The van der Waals surface area contributed by atoms with Gasteiger partial charge in [0.05, 0.1) is 32.0 Å². The number of aromatic nitrogens is 1. The number of anilines is 1. The summed E-state index contributed by atoms with van der Waals surface area (Å²) in [4.78, 5) is 15.8. The number of hydrogen-bond donors (Lipinski definition) is 2. The summed E-state index contributed by atoms with van der Waals surface area (Å²) >= 11 is 1.30. The number of rotatable bonds is 7. The van der Waals surface area contributed by atoms with E-state index in [1.54, 1.807) is 18.6 Å². The van der Waals surface area contributed by atoms with Crippen molar-refractivity contribution >= 4 is 28.6 Å². The van der Waals surface area contributed by atoms with Gasteiger partial charge < -0.3 is 15.2 Å². The molecule has 122 valence electrons. The first-order valence-electron chi connectivity index (χ1n) is 6.95. The Balaban J connectivity index is 2.01. The Bertz CT molecular complexity index is 700. The van der Waals surface area contributed by atoms with Gasteiger partial charge in [-0.15, -0.1) is 11.3 Å². The van der Waals surface area contributed by atoms with Crippen molar-refractivity contribution in [2.45, 2.75) is 13.3 Å². The van der Waals surface area contributed by atoms with Gasteiger partial charge in [-0.05, 0) is 19.1 Å². The number of nitrogens with one attached hydrogen (secondary N) is 1. The molecule has 7 nitrogen and oxygen atoms in total. The second-order valence-corrected chi connectivity index (χ2v) is 5.35. The van der Waals surface area contributed by atoms with Gasteiger partial charge in [-0.2, -0.15) is 5.10 Å². The van der Waals surface area contributed by atoms with Gasteiger partial charge in [-0.3, -0.25) is 4.79 Å². The van der Waals surface area contributed by atoms with Crippen molar-refractivity contribution in [3.63, 3.8) is 0 Å². The molecule has 2 aromatic rings. The molecule has 8 heteroatoms. The van der Waals surface area contributed by atoms with Gasteiger partial charge in [-0.1, -0.05) is 6.07 Å². The van der Waals surface area contributed by atoms with Crippen molar-refractivity contribution in [2.24, 2.45) is 5.10 Å². The molecule has 0 bridgehead atoms. The van der Waals surface area contributed by atoms with E-state index in [9.17, 15) is 4.79 Å². The number of ether oxygens (including phenoxy) is 2. The smallest absolute Gasteiger partial charge is 0.246 e. The Morgan fingerprint density at radius 2 is 2.35 bits per heavy atom. The summed E-state index contributed by atoms with van der Waals surface area (Å²) in [6.45, 7) is 2.38. The standard InChI is InChI=1S/C15H18N4O3S/c1-3-22-14-10(5-4-6-12(14)21-2)8-17-19-13(20)7-11-9-23-15(16)18-11/h4-6,8-9H,3,7H2,1-2H3,(H2,16,18)(H,19,20)/b17-8+. The minimum absolute atomic E-state index is 0.126. The second kappa shape index (κ2) is 8.14. The maximum atomic E-state index is 11.8. The molecule has 23 heavy (non-hydrogen) atoms. The highest BCUT2D eigenvalue weighted by Crippen LogP contribution is 2.29. The molecule has 1 heterocycles. The average Bonchev–Trinajstić information content (AvgIpc) is 2.93. The summed E-state index contributed by atoms with van der Waals surface area (Å²) in [5.74, 6) is 0.926. The van der Waals surface area contributed by atoms with Crippen LogP contribution in [0.2, 0.25) is 0 Å². The molecule has 0 radical (unpaired) electrons. The van der Waals surface area contributed by atoms with Crippen LogP contribution in [0.4, 0.5) is 5.13 Å². The van der Waals surface area contributed by atoms with Crippen molar-refractivity contribution in [3.8, 4) is 11.5 Å². The summed E-state index contributed by atoms with van der Waals surface area (Å²) in [7, 11) is 1.57. The molecule has 1 amide bonds. The van der Waals surface area contributed by atoms with Crippen molar-refractivity contribution in [3.05, 3.63) is 34.8 Å². The molecule has 0 saturated heterocycles. The monoisotopic (exact) mass is 334 g/mol. The molecule has 1 aromatic carbocycles. The number of thiazole rings is 1. The number of nitrogen functional groups attached to an aromatic ring is 1. The van der Waals surface area contributed by atoms with Crippen molar-refractivity contribution in [1.29, 1.82) is 0 Å². The lowest BCUT2D eigenvalue weighted by atomic mass is 10.2. The maximum Gasteiger partial charge on any atom is 0.246 e. The number of hydrazone groups is 1. The van der Waals surface area contributed by atoms with Gasteiger partial charge in [0.15, 0.2) is 16.6 Å². The molecule has 0 fully saturated rings. The number of para-hydroxylation sites is 1. The molecule has 3 N–H and O–H groups in total. The molecule has 0 aliphatic rings. The summed E-state index contributed by atoms with van der Waals surface area (Å²) in [5, 5.41) is 6.13. The van der Waals surface area contributed by atoms with E-state index in [1.165, 1.54) is 17.6 Å². The second-order valence-electron chi connectivity index (χ2n) is 4.46. The number of amides is 1. The van der Waals surface area contributed by atoms with Crippen LogP contribution >= 0.6 is 11.3 Å². The minimum atomic E-state index is -0.271. The normalized spacial score (nSPS) is 10.7. The number of nitrogens with two attached hydrogens (primary N) is 1. The molecule has 0 atom stereocenters. The lowest BCUT2D eigenvalue weighted by Crippen LogP contribution is -2.20.